The molecule has 1 amide bonds. The molecule has 136 valence electrons. The maximum atomic E-state index is 13.3. The van der Waals surface area contributed by atoms with Gasteiger partial charge < -0.3 is 14.4 Å². The third kappa shape index (κ3) is 3.72. The van der Waals surface area contributed by atoms with E-state index in [1.54, 1.807) is 42.5 Å². The van der Waals surface area contributed by atoms with Gasteiger partial charge in [0.05, 0.1) is 26.0 Å². The van der Waals surface area contributed by atoms with Crippen molar-refractivity contribution in [3.63, 3.8) is 0 Å². The third-order valence-corrected chi connectivity index (χ3v) is 5.47. The first-order valence-corrected chi connectivity index (χ1v) is 9.68. The zero-order valence-corrected chi connectivity index (χ0v) is 15.3. The van der Waals surface area contributed by atoms with E-state index in [4.69, 9.17) is 9.47 Å². The lowest BCUT2D eigenvalue weighted by Gasteiger charge is -2.28. The molecule has 1 atom stereocenters. The number of carbonyl (C=O) groups excluding carboxylic acids is 1. The molecular formula is C19H19NO5S. The molecule has 1 unspecified atom stereocenters. The van der Waals surface area contributed by atoms with Gasteiger partial charge in [0.1, 0.15) is 11.5 Å². The summed E-state index contributed by atoms with van der Waals surface area (Å²) in [6.45, 7) is 0. The molecule has 3 rings (SSSR count). The fourth-order valence-electron chi connectivity index (χ4n) is 2.84. The van der Waals surface area contributed by atoms with Crippen LogP contribution in [0.25, 0.3) is 0 Å². The van der Waals surface area contributed by atoms with E-state index in [9.17, 15) is 13.2 Å². The van der Waals surface area contributed by atoms with E-state index in [0.29, 0.717) is 22.7 Å². The molecule has 0 bridgehead atoms. The molecule has 0 saturated carbocycles. The van der Waals surface area contributed by atoms with Crippen molar-refractivity contribution in [1.29, 1.82) is 0 Å². The number of hydrogen-bond acceptors (Lipinski definition) is 5. The highest BCUT2D eigenvalue weighted by Gasteiger charge is 2.32. The summed E-state index contributed by atoms with van der Waals surface area (Å²) in [6, 6.07) is 13.3. The first-order chi connectivity index (χ1) is 12.4. The Balaban J connectivity index is 2.05. The molecule has 0 saturated heterocycles. The number of nitrogens with zero attached hydrogens (tertiary/aromatic N) is 1. The minimum atomic E-state index is -3.31. The van der Waals surface area contributed by atoms with Crippen LogP contribution in [0.4, 0.5) is 5.69 Å². The second kappa shape index (κ2) is 7.21. The number of ether oxygens (including phenoxy) is 2. The number of anilines is 1. The molecule has 7 heteroatoms. The van der Waals surface area contributed by atoms with Crippen LogP contribution in [-0.4, -0.2) is 40.3 Å². The number of carbonyl (C=O) groups is 1. The number of benzene rings is 2. The van der Waals surface area contributed by atoms with Crippen LogP contribution in [-0.2, 0) is 9.84 Å². The maximum Gasteiger partial charge on any atom is 0.259 e. The highest BCUT2D eigenvalue weighted by molar-refractivity contribution is 7.94. The second-order valence-corrected chi connectivity index (χ2v) is 7.77. The van der Waals surface area contributed by atoms with Crippen molar-refractivity contribution in [2.45, 2.75) is 6.04 Å². The van der Waals surface area contributed by atoms with Gasteiger partial charge in [0.2, 0.25) is 0 Å². The summed E-state index contributed by atoms with van der Waals surface area (Å²) >= 11 is 0. The average Bonchev–Trinajstić information content (AvgIpc) is 3.01. The van der Waals surface area contributed by atoms with Crippen LogP contribution in [0, 0.1) is 0 Å². The smallest absolute Gasteiger partial charge is 0.259 e. The Morgan fingerprint density at radius 1 is 1.04 bits per heavy atom. The van der Waals surface area contributed by atoms with E-state index in [0.717, 1.165) is 5.41 Å². The first kappa shape index (κ1) is 18.0. The molecule has 1 aliphatic heterocycles. The summed E-state index contributed by atoms with van der Waals surface area (Å²) in [5, 5.41) is 1.16. The van der Waals surface area contributed by atoms with Crippen molar-refractivity contribution in [2.24, 2.45) is 0 Å². The van der Waals surface area contributed by atoms with E-state index in [1.807, 2.05) is 6.07 Å². The molecular weight excluding hydrogens is 354 g/mol. The summed E-state index contributed by atoms with van der Waals surface area (Å²) < 4.78 is 34.2. The summed E-state index contributed by atoms with van der Waals surface area (Å²) in [4.78, 5) is 14.7. The monoisotopic (exact) mass is 373 g/mol. The van der Waals surface area contributed by atoms with Gasteiger partial charge in [-0.1, -0.05) is 18.2 Å². The molecule has 0 spiro atoms. The third-order valence-electron chi connectivity index (χ3n) is 4.09. The number of methoxy groups -OCH3 is 2. The van der Waals surface area contributed by atoms with Gasteiger partial charge in [-0.2, -0.15) is 0 Å². The Labute approximate surface area is 152 Å². The molecule has 0 fully saturated rings. The van der Waals surface area contributed by atoms with Crippen LogP contribution in [0.5, 0.6) is 11.5 Å². The van der Waals surface area contributed by atoms with E-state index in [1.165, 1.54) is 25.2 Å². The molecule has 1 heterocycles. The average molecular weight is 373 g/mol. The van der Waals surface area contributed by atoms with Gasteiger partial charge >= 0.3 is 0 Å². The van der Waals surface area contributed by atoms with E-state index >= 15 is 0 Å². The molecule has 0 aromatic heterocycles. The van der Waals surface area contributed by atoms with Gasteiger partial charge in [-0.15, -0.1) is 0 Å². The normalized spacial score (nSPS) is 17.7. The number of amides is 1. The summed E-state index contributed by atoms with van der Waals surface area (Å²) in [7, 11) is -0.305. The quantitative estimate of drug-likeness (QED) is 0.806. The second-order valence-electron chi connectivity index (χ2n) is 5.84. The highest BCUT2D eigenvalue weighted by Crippen LogP contribution is 2.28. The molecule has 26 heavy (non-hydrogen) atoms. The van der Waals surface area contributed by atoms with Gasteiger partial charge in [-0.05, 0) is 30.3 Å². The minimum absolute atomic E-state index is 0.144. The summed E-state index contributed by atoms with van der Waals surface area (Å²) in [5.74, 6) is 0.486. The number of para-hydroxylation sites is 1. The zero-order valence-electron chi connectivity index (χ0n) is 14.5. The minimum Gasteiger partial charge on any atom is -0.497 e. The van der Waals surface area contributed by atoms with Crippen molar-refractivity contribution in [2.75, 3.05) is 24.9 Å². The van der Waals surface area contributed by atoms with Gasteiger partial charge in [-0.3, -0.25) is 4.79 Å². The van der Waals surface area contributed by atoms with Crippen molar-refractivity contribution >= 4 is 21.4 Å². The zero-order chi connectivity index (χ0) is 18.7. The highest BCUT2D eigenvalue weighted by atomic mass is 32.2. The van der Waals surface area contributed by atoms with E-state index < -0.39 is 15.9 Å². The van der Waals surface area contributed by atoms with Crippen molar-refractivity contribution < 1.29 is 22.7 Å². The number of hydrogen-bond donors (Lipinski definition) is 0. The van der Waals surface area contributed by atoms with Crippen LogP contribution in [0.2, 0.25) is 0 Å². The van der Waals surface area contributed by atoms with Crippen molar-refractivity contribution in [3.8, 4) is 11.5 Å². The van der Waals surface area contributed by atoms with Crippen LogP contribution in [0.1, 0.15) is 10.4 Å². The maximum absolute atomic E-state index is 13.3. The van der Waals surface area contributed by atoms with Gasteiger partial charge in [-0.25, -0.2) is 8.42 Å². The molecule has 2 aromatic carbocycles. The van der Waals surface area contributed by atoms with Crippen LogP contribution in [0.15, 0.2) is 60.0 Å². The predicted molar refractivity (Wildman–Crippen MR) is 99.5 cm³/mol. The standard InChI is InChI=1S/C19H19NO5S/c1-24-17-10-14(11-18(12-17)25-2)19(21)20(15-6-4-3-5-7-15)16-8-9-26(22,23)13-16/h3-12,16H,13H2,1-2H3. The van der Waals surface area contributed by atoms with Crippen molar-refractivity contribution in [1.82, 2.24) is 0 Å². The molecule has 0 N–H and O–H groups in total. The Bertz CT molecular complexity index is 915. The summed E-state index contributed by atoms with van der Waals surface area (Å²) in [5.41, 5.74) is 0.966. The van der Waals surface area contributed by atoms with Crippen LogP contribution in [0.3, 0.4) is 0 Å². The van der Waals surface area contributed by atoms with Gasteiger partial charge in [0, 0.05) is 22.7 Å². The van der Waals surface area contributed by atoms with E-state index in [-0.39, 0.29) is 11.7 Å². The summed E-state index contributed by atoms with van der Waals surface area (Å²) in [6.07, 6.45) is 1.54. The Hall–Kier alpha value is -2.80. The molecule has 2 aromatic rings. The van der Waals surface area contributed by atoms with Crippen molar-refractivity contribution in [3.05, 3.63) is 65.6 Å². The van der Waals surface area contributed by atoms with Crippen LogP contribution < -0.4 is 14.4 Å². The first-order valence-electron chi connectivity index (χ1n) is 7.96. The lowest BCUT2D eigenvalue weighted by atomic mass is 10.1. The molecule has 0 aliphatic carbocycles. The van der Waals surface area contributed by atoms with Gasteiger partial charge in [0.25, 0.3) is 5.91 Å². The van der Waals surface area contributed by atoms with E-state index in [2.05, 4.69) is 0 Å². The fraction of sp³-hybridized carbons (Fsp3) is 0.211. The molecule has 1 aliphatic rings. The fourth-order valence-corrected chi connectivity index (χ4v) is 4.11. The Morgan fingerprint density at radius 3 is 2.15 bits per heavy atom. The topological polar surface area (TPSA) is 72.9 Å². The Kier molecular flexibility index (Phi) is 4.99. The predicted octanol–water partition coefficient (Wildman–Crippen LogP) is 2.66. The Morgan fingerprint density at radius 2 is 1.65 bits per heavy atom. The number of sulfone groups is 1. The lowest BCUT2D eigenvalue weighted by molar-refractivity contribution is 0.0982. The SMILES string of the molecule is COc1cc(OC)cc(C(=O)N(c2ccccc2)C2C=CS(=O)(=O)C2)c1. The molecule has 0 radical (unpaired) electrons. The van der Waals surface area contributed by atoms with Gasteiger partial charge in [0.15, 0.2) is 9.84 Å². The molecule has 6 nitrogen and oxygen atoms in total. The van der Waals surface area contributed by atoms with Crippen LogP contribution >= 0.6 is 0 Å². The lowest BCUT2D eigenvalue weighted by Crippen LogP contribution is -2.41. The largest absolute Gasteiger partial charge is 0.497 e. The number of rotatable bonds is 5.